The van der Waals surface area contributed by atoms with Crippen molar-refractivity contribution in [3.63, 3.8) is 0 Å². The van der Waals surface area contributed by atoms with Crippen molar-refractivity contribution in [1.82, 2.24) is 0 Å². The van der Waals surface area contributed by atoms with Crippen LogP contribution in [0.25, 0.3) is 0 Å². The van der Waals surface area contributed by atoms with Gasteiger partial charge in [0.15, 0.2) is 0 Å². The minimum Gasteiger partial charge on any atom is -0.323 e. The van der Waals surface area contributed by atoms with E-state index >= 15 is 0 Å². The summed E-state index contributed by atoms with van der Waals surface area (Å²) in [5, 5.41) is 2.82. The molecule has 2 aromatic carbocycles. The van der Waals surface area contributed by atoms with Gasteiger partial charge in [0.1, 0.15) is 6.04 Å². The number of anilines is 2. The number of carbonyl (C=O) groups is 1. The van der Waals surface area contributed by atoms with E-state index in [0.717, 1.165) is 21.9 Å². The summed E-state index contributed by atoms with van der Waals surface area (Å²) in [5.74, 6) is -0.371. The molecule has 0 aliphatic carbocycles. The van der Waals surface area contributed by atoms with Gasteiger partial charge < -0.3 is 5.32 Å². The molecule has 26 heavy (non-hydrogen) atoms. The third-order valence-electron chi connectivity index (χ3n) is 3.92. The predicted octanol–water partition coefficient (Wildman–Crippen LogP) is 4.25. The molecule has 0 unspecified atom stereocenters. The maximum absolute atomic E-state index is 12.9. The third-order valence-corrected chi connectivity index (χ3v) is 5.79. The van der Waals surface area contributed by atoms with Crippen LogP contribution in [0.1, 0.15) is 24.5 Å². The van der Waals surface area contributed by atoms with Gasteiger partial charge in [0.2, 0.25) is 15.9 Å². The predicted molar refractivity (Wildman–Crippen MR) is 110 cm³/mol. The Bertz CT molecular complexity index is 893. The van der Waals surface area contributed by atoms with Crippen LogP contribution < -0.4 is 9.62 Å². The lowest BCUT2D eigenvalue weighted by Gasteiger charge is -2.30. The molecule has 1 amide bonds. The van der Waals surface area contributed by atoms with E-state index in [9.17, 15) is 13.2 Å². The second-order valence-corrected chi connectivity index (χ2v) is 9.01. The van der Waals surface area contributed by atoms with Crippen molar-refractivity contribution in [1.29, 1.82) is 0 Å². The smallest absolute Gasteiger partial charge is 0.248 e. The molecule has 1 atom stereocenters. The Morgan fingerprint density at radius 2 is 1.73 bits per heavy atom. The fourth-order valence-electron chi connectivity index (χ4n) is 2.92. The van der Waals surface area contributed by atoms with Crippen LogP contribution >= 0.6 is 15.9 Å². The summed E-state index contributed by atoms with van der Waals surface area (Å²) in [7, 11) is -3.65. The van der Waals surface area contributed by atoms with Crippen molar-refractivity contribution >= 4 is 43.2 Å². The van der Waals surface area contributed by atoms with Crippen LogP contribution in [-0.4, -0.2) is 26.6 Å². The normalized spacial score (nSPS) is 12.5. The van der Waals surface area contributed by atoms with Crippen LogP contribution in [0.3, 0.4) is 0 Å². The molecule has 0 aromatic heterocycles. The molecule has 0 fully saturated rings. The van der Waals surface area contributed by atoms with Crippen molar-refractivity contribution in [2.75, 3.05) is 15.9 Å². The van der Waals surface area contributed by atoms with E-state index < -0.39 is 16.1 Å². The zero-order valence-corrected chi connectivity index (χ0v) is 17.7. The molecule has 140 valence electrons. The van der Waals surface area contributed by atoms with Gasteiger partial charge in [-0.15, -0.1) is 0 Å². The summed E-state index contributed by atoms with van der Waals surface area (Å²) in [6, 6.07) is 11.9. The molecule has 0 aliphatic heterocycles. The van der Waals surface area contributed by atoms with E-state index in [1.54, 1.807) is 31.2 Å². The van der Waals surface area contributed by atoms with Crippen molar-refractivity contribution < 1.29 is 13.2 Å². The topological polar surface area (TPSA) is 66.5 Å². The van der Waals surface area contributed by atoms with E-state index in [2.05, 4.69) is 21.2 Å². The SMILES string of the molecule is CC[C@H](C(=O)Nc1ccccc1Br)N(c1cc(C)cc(C)c1)S(C)(=O)=O. The number of hydrogen-bond donors (Lipinski definition) is 1. The number of halogens is 1. The van der Waals surface area contributed by atoms with Gasteiger partial charge in [0, 0.05) is 4.47 Å². The molecule has 0 spiro atoms. The first-order valence-corrected chi connectivity index (χ1v) is 10.9. The fourth-order valence-corrected chi connectivity index (χ4v) is 4.50. The average Bonchev–Trinajstić information content (AvgIpc) is 2.52. The van der Waals surface area contributed by atoms with Crippen LogP contribution in [0, 0.1) is 13.8 Å². The van der Waals surface area contributed by atoms with Crippen molar-refractivity contribution in [3.8, 4) is 0 Å². The minimum absolute atomic E-state index is 0.344. The van der Waals surface area contributed by atoms with E-state index in [1.165, 1.54) is 4.31 Å². The average molecular weight is 439 g/mol. The van der Waals surface area contributed by atoms with Crippen LogP contribution in [0.4, 0.5) is 11.4 Å². The second-order valence-electron chi connectivity index (χ2n) is 6.30. The molecule has 7 heteroatoms. The lowest BCUT2D eigenvalue weighted by molar-refractivity contribution is -0.117. The summed E-state index contributed by atoms with van der Waals surface area (Å²) in [5.41, 5.74) is 2.98. The number of para-hydroxylation sites is 1. The number of benzene rings is 2. The van der Waals surface area contributed by atoms with Crippen molar-refractivity contribution in [2.45, 2.75) is 33.2 Å². The van der Waals surface area contributed by atoms with Gasteiger partial charge in [0.05, 0.1) is 17.6 Å². The Balaban J connectivity index is 2.44. The Kier molecular flexibility index (Phi) is 6.47. The monoisotopic (exact) mass is 438 g/mol. The number of sulfonamides is 1. The highest BCUT2D eigenvalue weighted by Gasteiger charge is 2.32. The molecular formula is C19H23BrN2O3S. The summed E-state index contributed by atoms with van der Waals surface area (Å²) < 4.78 is 27.0. The maximum atomic E-state index is 12.9. The molecule has 0 radical (unpaired) electrons. The van der Waals surface area contributed by atoms with Crippen molar-refractivity contribution in [3.05, 3.63) is 58.1 Å². The number of nitrogens with one attached hydrogen (secondary N) is 1. The quantitative estimate of drug-likeness (QED) is 0.732. The molecule has 0 heterocycles. The number of amides is 1. The van der Waals surface area contributed by atoms with E-state index in [4.69, 9.17) is 0 Å². The summed E-state index contributed by atoms with van der Waals surface area (Å²) in [6.45, 7) is 5.60. The van der Waals surface area contributed by atoms with Crippen LogP contribution in [0.5, 0.6) is 0 Å². The maximum Gasteiger partial charge on any atom is 0.248 e. The lowest BCUT2D eigenvalue weighted by atomic mass is 10.1. The molecular weight excluding hydrogens is 416 g/mol. The zero-order valence-electron chi connectivity index (χ0n) is 15.3. The molecule has 1 N–H and O–H groups in total. The second kappa shape index (κ2) is 8.22. The number of aryl methyl sites for hydroxylation is 2. The van der Waals surface area contributed by atoms with Crippen molar-refractivity contribution in [2.24, 2.45) is 0 Å². The summed E-state index contributed by atoms with van der Waals surface area (Å²) in [4.78, 5) is 12.9. The Hall–Kier alpha value is -1.86. The number of carbonyl (C=O) groups excluding carboxylic acids is 1. The van der Waals surface area contributed by atoms with Gasteiger partial charge >= 0.3 is 0 Å². The minimum atomic E-state index is -3.65. The molecule has 2 rings (SSSR count). The molecule has 5 nitrogen and oxygen atoms in total. The van der Waals surface area contributed by atoms with Gasteiger partial charge in [0.25, 0.3) is 0 Å². The van der Waals surface area contributed by atoms with Crippen LogP contribution in [0.2, 0.25) is 0 Å². The van der Waals surface area contributed by atoms with Crippen LogP contribution in [-0.2, 0) is 14.8 Å². The Morgan fingerprint density at radius 1 is 1.15 bits per heavy atom. The molecule has 0 saturated heterocycles. The van der Waals surface area contributed by atoms with Gasteiger partial charge in [-0.1, -0.05) is 25.1 Å². The first-order chi connectivity index (χ1) is 12.1. The lowest BCUT2D eigenvalue weighted by Crippen LogP contribution is -2.47. The number of nitrogens with zero attached hydrogens (tertiary/aromatic N) is 1. The highest BCUT2D eigenvalue weighted by Crippen LogP contribution is 2.27. The first-order valence-electron chi connectivity index (χ1n) is 8.26. The van der Waals surface area contributed by atoms with E-state index in [0.29, 0.717) is 17.8 Å². The highest BCUT2D eigenvalue weighted by molar-refractivity contribution is 9.10. The van der Waals surface area contributed by atoms with E-state index in [1.807, 2.05) is 32.0 Å². The molecule has 0 bridgehead atoms. The Labute approximate surface area is 163 Å². The standard InChI is InChI=1S/C19H23BrN2O3S/c1-5-18(19(23)21-17-9-7-6-8-16(17)20)22(26(4,24)25)15-11-13(2)10-14(3)12-15/h6-12,18H,5H2,1-4H3,(H,21,23)/t18-/m1/s1. The van der Waals surface area contributed by atoms with Gasteiger partial charge in [-0.2, -0.15) is 0 Å². The largest absolute Gasteiger partial charge is 0.323 e. The van der Waals surface area contributed by atoms with E-state index in [-0.39, 0.29) is 5.91 Å². The fraction of sp³-hybridized carbons (Fsp3) is 0.316. The summed E-state index contributed by atoms with van der Waals surface area (Å²) >= 11 is 3.39. The molecule has 2 aromatic rings. The summed E-state index contributed by atoms with van der Waals surface area (Å²) in [6.07, 6.45) is 1.47. The van der Waals surface area contributed by atoms with Crippen LogP contribution in [0.15, 0.2) is 46.9 Å². The third kappa shape index (κ3) is 4.86. The number of hydrogen-bond acceptors (Lipinski definition) is 3. The van der Waals surface area contributed by atoms with Gasteiger partial charge in [-0.3, -0.25) is 9.10 Å². The van der Waals surface area contributed by atoms with Gasteiger partial charge in [-0.05, 0) is 71.6 Å². The zero-order chi connectivity index (χ0) is 19.5. The van der Waals surface area contributed by atoms with Gasteiger partial charge in [-0.25, -0.2) is 8.42 Å². The number of rotatable bonds is 6. The Morgan fingerprint density at radius 3 is 2.23 bits per heavy atom. The highest BCUT2D eigenvalue weighted by atomic mass is 79.9. The first kappa shape index (κ1) is 20.5. The molecule has 0 aliphatic rings. The molecule has 0 saturated carbocycles.